The van der Waals surface area contributed by atoms with E-state index in [1.54, 1.807) is 17.6 Å². The van der Waals surface area contributed by atoms with Crippen LogP contribution in [0.4, 0.5) is 5.82 Å². The molecule has 1 saturated carbocycles. The number of aromatic nitrogens is 5. The summed E-state index contributed by atoms with van der Waals surface area (Å²) in [6.07, 6.45) is 7.58. The molecule has 9 nitrogen and oxygen atoms in total. The molecule has 0 saturated heterocycles. The molecule has 0 unspecified atom stereocenters. The molecule has 1 aliphatic carbocycles. The molecule has 0 bridgehead atoms. The van der Waals surface area contributed by atoms with E-state index < -0.39 is 12.1 Å². The van der Waals surface area contributed by atoms with E-state index >= 15 is 0 Å². The normalized spacial score (nSPS) is 17.3. The molecule has 4 heterocycles. The minimum atomic E-state index is -0.456. The molecule has 6 rings (SSSR count). The average Bonchev–Trinajstić information content (AvgIpc) is 3.65. The second kappa shape index (κ2) is 9.90. The predicted molar refractivity (Wildman–Crippen MR) is 145 cm³/mol. The van der Waals surface area contributed by atoms with Crippen LogP contribution in [0.3, 0.4) is 0 Å². The lowest BCUT2D eigenvalue weighted by Crippen LogP contribution is -2.20. The topological polar surface area (TPSA) is 97.8 Å². The molecule has 0 radical (unpaired) electrons. The number of carbonyl (C=O) groups excluding carboxylic acids is 1. The highest BCUT2D eigenvalue weighted by molar-refractivity contribution is 5.98. The first-order valence-corrected chi connectivity index (χ1v) is 13.0. The fraction of sp³-hybridized carbons (Fsp3) is 0.310. The smallest absolute Gasteiger partial charge is 0.343 e. The van der Waals surface area contributed by atoms with Crippen LogP contribution in [0, 0.1) is 0 Å². The van der Waals surface area contributed by atoms with Gasteiger partial charge in [-0.05, 0) is 43.9 Å². The Balaban J connectivity index is 1.54. The van der Waals surface area contributed by atoms with Crippen LogP contribution in [0.2, 0.25) is 0 Å². The average molecular weight is 511 g/mol. The Morgan fingerprint density at radius 2 is 2.00 bits per heavy atom. The van der Waals surface area contributed by atoms with Crippen LogP contribution >= 0.6 is 0 Å². The fourth-order valence-electron chi connectivity index (χ4n) is 5.43. The van der Waals surface area contributed by atoms with E-state index in [1.807, 2.05) is 49.6 Å². The van der Waals surface area contributed by atoms with Gasteiger partial charge in [-0.2, -0.15) is 9.61 Å². The lowest BCUT2D eigenvalue weighted by atomic mass is 10.1. The van der Waals surface area contributed by atoms with Gasteiger partial charge >= 0.3 is 5.97 Å². The van der Waals surface area contributed by atoms with Crippen LogP contribution in [0.25, 0.3) is 27.9 Å². The van der Waals surface area contributed by atoms with Crippen LogP contribution in [0.5, 0.6) is 0 Å². The van der Waals surface area contributed by atoms with E-state index in [2.05, 4.69) is 31.7 Å². The maximum absolute atomic E-state index is 12.8. The van der Waals surface area contributed by atoms with Gasteiger partial charge in [-0.1, -0.05) is 30.3 Å². The van der Waals surface area contributed by atoms with Crippen molar-refractivity contribution in [1.29, 1.82) is 0 Å². The Labute approximate surface area is 220 Å². The zero-order chi connectivity index (χ0) is 26.2. The number of aliphatic hydroxyl groups is 1. The van der Waals surface area contributed by atoms with Gasteiger partial charge < -0.3 is 19.3 Å². The molecule has 38 heavy (non-hydrogen) atoms. The molecule has 0 spiro atoms. The molecular formula is C29H30N6O3. The van der Waals surface area contributed by atoms with Gasteiger partial charge in [-0.15, -0.1) is 0 Å². The van der Waals surface area contributed by atoms with Crippen molar-refractivity contribution in [2.45, 2.75) is 44.9 Å². The van der Waals surface area contributed by atoms with Crippen molar-refractivity contribution in [1.82, 2.24) is 24.1 Å². The maximum atomic E-state index is 12.8. The third-order valence-electron chi connectivity index (χ3n) is 7.27. The fourth-order valence-corrected chi connectivity index (χ4v) is 5.43. The molecule has 9 heteroatoms. The zero-order valence-electron chi connectivity index (χ0n) is 21.5. The summed E-state index contributed by atoms with van der Waals surface area (Å²) in [5.41, 5.74) is 4.30. The summed E-state index contributed by atoms with van der Waals surface area (Å²) in [6.45, 7) is 2.69. The van der Waals surface area contributed by atoms with Crippen molar-refractivity contribution in [2.75, 3.05) is 18.6 Å². The van der Waals surface area contributed by atoms with Crippen molar-refractivity contribution in [3.63, 3.8) is 0 Å². The number of nitrogens with zero attached hydrogens (tertiary/aromatic N) is 6. The van der Waals surface area contributed by atoms with Crippen LogP contribution in [-0.4, -0.2) is 55.0 Å². The van der Waals surface area contributed by atoms with Crippen LogP contribution < -0.4 is 4.90 Å². The number of benzene rings is 1. The second-order valence-electron chi connectivity index (χ2n) is 9.75. The van der Waals surface area contributed by atoms with E-state index in [0.717, 1.165) is 47.2 Å². The van der Waals surface area contributed by atoms with Gasteiger partial charge in [-0.3, -0.25) is 0 Å². The first-order valence-electron chi connectivity index (χ1n) is 13.0. The van der Waals surface area contributed by atoms with E-state index in [-0.39, 0.29) is 12.6 Å². The van der Waals surface area contributed by atoms with E-state index in [0.29, 0.717) is 23.4 Å². The Bertz CT molecular complexity index is 1610. The summed E-state index contributed by atoms with van der Waals surface area (Å²) in [5.74, 6) is 0.331. The Morgan fingerprint density at radius 3 is 2.76 bits per heavy atom. The van der Waals surface area contributed by atoms with Gasteiger partial charge in [0.15, 0.2) is 5.65 Å². The number of anilines is 1. The molecule has 194 valence electrons. The third-order valence-corrected chi connectivity index (χ3v) is 7.27. The molecule has 4 aromatic heterocycles. The number of aliphatic hydroxyl groups excluding tert-OH is 1. The van der Waals surface area contributed by atoms with Crippen molar-refractivity contribution >= 4 is 28.5 Å². The first-order chi connectivity index (χ1) is 18.5. The maximum Gasteiger partial charge on any atom is 0.343 e. The van der Waals surface area contributed by atoms with Gasteiger partial charge in [0.05, 0.1) is 30.6 Å². The minimum Gasteiger partial charge on any atom is -0.462 e. The summed E-state index contributed by atoms with van der Waals surface area (Å²) in [7, 11) is 2.00. The Morgan fingerprint density at radius 1 is 1.16 bits per heavy atom. The quantitative estimate of drug-likeness (QED) is 0.319. The van der Waals surface area contributed by atoms with Crippen molar-refractivity contribution in [2.24, 2.45) is 0 Å². The standard InChI is InChI=1S/C29H30N6O3/c1-3-38-29(37)21-16-31-35-26(33(2)17-19-9-5-4-6-10-19)15-23(32-28(21)35)22-18-34(24-12-7-13-25(24)36)27-20(22)11-8-14-30-27/h4-6,8-11,14-16,18,24-25,36H,3,7,12-13,17H2,1-2H3/t24-,25-/m1/s1. The van der Waals surface area contributed by atoms with E-state index in [9.17, 15) is 9.90 Å². The summed E-state index contributed by atoms with van der Waals surface area (Å²) >= 11 is 0. The summed E-state index contributed by atoms with van der Waals surface area (Å²) in [6, 6.07) is 16.1. The van der Waals surface area contributed by atoms with Crippen LogP contribution in [0.15, 0.2) is 67.1 Å². The largest absolute Gasteiger partial charge is 0.462 e. The van der Waals surface area contributed by atoms with E-state index in [4.69, 9.17) is 9.72 Å². The minimum absolute atomic E-state index is 0.0323. The van der Waals surface area contributed by atoms with Crippen molar-refractivity contribution < 1.29 is 14.6 Å². The number of esters is 1. The number of rotatable bonds is 7. The van der Waals surface area contributed by atoms with Crippen LogP contribution in [0.1, 0.15) is 48.1 Å². The summed E-state index contributed by atoms with van der Waals surface area (Å²) < 4.78 is 9.08. The zero-order valence-corrected chi connectivity index (χ0v) is 21.5. The predicted octanol–water partition coefficient (Wildman–Crippen LogP) is 4.65. The highest BCUT2D eigenvalue weighted by atomic mass is 16.5. The molecule has 1 aromatic carbocycles. The number of hydrogen-bond acceptors (Lipinski definition) is 7. The lowest BCUT2D eigenvalue weighted by molar-refractivity contribution is 0.0528. The van der Waals surface area contributed by atoms with Gasteiger partial charge in [0.2, 0.25) is 0 Å². The summed E-state index contributed by atoms with van der Waals surface area (Å²) in [4.78, 5) is 24.5. The van der Waals surface area contributed by atoms with Crippen molar-refractivity contribution in [3.8, 4) is 11.3 Å². The number of carbonyl (C=O) groups is 1. The molecule has 0 aliphatic heterocycles. The third kappa shape index (κ3) is 4.18. The van der Waals surface area contributed by atoms with Crippen molar-refractivity contribution in [3.05, 3.63) is 78.2 Å². The number of fused-ring (bicyclic) bond motifs is 2. The van der Waals surface area contributed by atoms with Gasteiger partial charge in [0.25, 0.3) is 0 Å². The Hall–Kier alpha value is -4.24. The van der Waals surface area contributed by atoms with E-state index in [1.165, 1.54) is 6.20 Å². The molecule has 1 N–H and O–H groups in total. The molecular weight excluding hydrogens is 480 g/mol. The highest BCUT2D eigenvalue weighted by Crippen LogP contribution is 2.38. The molecule has 1 aliphatic rings. The Kier molecular flexibility index (Phi) is 6.29. The first kappa shape index (κ1) is 24.1. The number of hydrogen-bond donors (Lipinski definition) is 1. The van der Waals surface area contributed by atoms with Gasteiger partial charge in [0.1, 0.15) is 17.0 Å². The SMILES string of the molecule is CCOC(=O)c1cnn2c(N(C)Cc3ccccc3)cc(-c3cn([C@@H]4CCC[C@H]4O)c4ncccc34)nc12. The lowest BCUT2D eigenvalue weighted by Gasteiger charge is -2.21. The molecule has 1 fully saturated rings. The number of ether oxygens (including phenoxy) is 1. The molecule has 2 atom stereocenters. The number of pyridine rings is 1. The van der Waals surface area contributed by atoms with Gasteiger partial charge in [0, 0.05) is 43.0 Å². The van der Waals surface area contributed by atoms with Gasteiger partial charge in [-0.25, -0.2) is 14.8 Å². The molecule has 0 amide bonds. The summed E-state index contributed by atoms with van der Waals surface area (Å²) in [5, 5.41) is 16.1. The second-order valence-corrected chi connectivity index (χ2v) is 9.75. The molecule has 5 aromatic rings. The monoisotopic (exact) mass is 510 g/mol. The van der Waals surface area contributed by atoms with Crippen LogP contribution in [-0.2, 0) is 11.3 Å². The highest BCUT2D eigenvalue weighted by Gasteiger charge is 2.29.